The number of fused-ring (bicyclic) bond motifs is 1. The van der Waals surface area contributed by atoms with Crippen molar-refractivity contribution in [2.45, 2.75) is 32.1 Å². The number of hydrogen-bond acceptors (Lipinski definition) is 2. The molecule has 0 spiro atoms. The third-order valence-corrected chi connectivity index (χ3v) is 3.16. The molecule has 0 N–H and O–H groups in total. The molecule has 1 aliphatic carbocycles. The van der Waals surface area contributed by atoms with E-state index in [-0.39, 0.29) is 0 Å². The van der Waals surface area contributed by atoms with E-state index in [1.165, 1.54) is 11.1 Å². The largest absolute Gasteiger partial charge is 0.381 e. The van der Waals surface area contributed by atoms with Crippen LogP contribution < -0.4 is 0 Å². The fraction of sp³-hybridized carbons (Fsp3) is 0.500. The van der Waals surface area contributed by atoms with E-state index in [2.05, 4.69) is 24.3 Å². The number of carbonyl (C=O) groups excluding carboxylic acids is 1. The minimum absolute atomic E-state index is 0.327. The number of hydrogen-bond donors (Lipinski definition) is 0. The van der Waals surface area contributed by atoms with Crippen LogP contribution in [0.25, 0.3) is 0 Å². The molecule has 0 saturated heterocycles. The fourth-order valence-electron chi connectivity index (χ4n) is 2.25. The topological polar surface area (TPSA) is 26.3 Å². The van der Waals surface area contributed by atoms with E-state index in [0.29, 0.717) is 37.8 Å². The molecule has 1 atom stereocenters. The standard InChI is InChI=1S/C14H18O2/c1-2-16-8-7-13(15)10-12-9-11-5-3-4-6-14(11)12/h3-6,12H,2,7-10H2,1H3. The molecule has 16 heavy (non-hydrogen) atoms. The van der Waals surface area contributed by atoms with Crippen molar-refractivity contribution < 1.29 is 9.53 Å². The Kier molecular flexibility index (Phi) is 3.73. The molecule has 2 heteroatoms. The van der Waals surface area contributed by atoms with Crippen LogP contribution in [-0.2, 0) is 16.0 Å². The van der Waals surface area contributed by atoms with Crippen molar-refractivity contribution in [3.8, 4) is 0 Å². The molecule has 1 aliphatic rings. The molecule has 0 heterocycles. The molecule has 2 nitrogen and oxygen atoms in total. The summed E-state index contributed by atoms with van der Waals surface area (Å²) in [6.45, 7) is 3.22. The van der Waals surface area contributed by atoms with E-state index < -0.39 is 0 Å². The highest BCUT2D eigenvalue weighted by Crippen LogP contribution is 2.37. The lowest BCUT2D eigenvalue weighted by atomic mass is 9.75. The van der Waals surface area contributed by atoms with Gasteiger partial charge >= 0.3 is 0 Å². The second kappa shape index (κ2) is 5.26. The van der Waals surface area contributed by atoms with E-state index in [0.717, 1.165) is 6.42 Å². The number of rotatable bonds is 6. The minimum atomic E-state index is 0.327. The second-order valence-electron chi connectivity index (χ2n) is 4.29. The number of ketones is 1. The number of ether oxygens (including phenoxy) is 1. The van der Waals surface area contributed by atoms with Gasteiger partial charge in [-0.1, -0.05) is 24.3 Å². The first-order valence-electron chi connectivity index (χ1n) is 5.98. The first-order chi connectivity index (χ1) is 7.81. The number of benzene rings is 1. The molecule has 0 fully saturated rings. The van der Waals surface area contributed by atoms with E-state index in [1.54, 1.807) is 0 Å². The Bertz CT molecular complexity index is 371. The van der Waals surface area contributed by atoms with Crippen molar-refractivity contribution in [3.05, 3.63) is 35.4 Å². The molecule has 0 saturated carbocycles. The van der Waals surface area contributed by atoms with Gasteiger partial charge < -0.3 is 4.74 Å². The van der Waals surface area contributed by atoms with Crippen molar-refractivity contribution in [3.63, 3.8) is 0 Å². The van der Waals surface area contributed by atoms with Crippen LogP contribution in [0.5, 0.6) is 0 Å². The molecule has 1 aromatic rings. The van der Waals surface area contributed by atoms with Crippen molar-refractivity contribution in [2.75, 3.05) is 13.2 Å². The molecule has 0 aliphatic heterocycles. The Morgan fingerprint density at radius 3 is 3.00 bits per heavy atom. The quantitative estimate of drug-likeness (QED) is 0.686. The molecule has 0 bridgehead atoms. The zero-order valence-corrected chi connectivity index (χ0v) is 9.74. The van der Waals surface area contributed by atoms with Crippen molar-refractivity contribution in [1.82, 2.24) is 0 Å². The summed E-state index contributed by atoms with van der Waals surface area (Å²) in [7, 11) is 0. The molecule has 0 amide bonds. The van der Waals surface area contributed by atoms with Crippen LogP contribution in [0.15, 0.2) is 24.3 Å². The molecule has 86 valence electrons. The van der Waals surface area contributed by atoms with Crippen LogP contribution in [0.4, 0.5) is 0 Å². The Labute approximate surface area is 96.6 Å². The SMILES string of the molecule is CCOCCC(=O)CC1Cc2ccccc21. The maximum atomic E-state index is 11.7. The van der Waals surface area contributed by atoms with Gasteiger partial charge in [0.25, 0.3) is 0 Å². The third-order valence-electron chi connectivity index (χ3n) is 3.16. The highest BCUT2D eigenvalue weighted by molar-refractivity contribution is 5.80. The summed E-state index contributed by atoms with van der Waals surface area (Å²) in [5.41, 5.74) is 2.78. The van der Waals surface area contributed by atoms with Crippen LogP contribution in [-0.4, -0.2) is 19.0 Å². The molecular formula is C14H18O2. The van der Waals surface area contributed by atoms with Gasteiger partial charge in [-0.3, -0.25) is 4.79 Å². The van der Waals surface area contributed by atoms with Gasteiger partial charge in [-0.05, 0) is 30.4 Å². The predicted octanol–water partition coefficient (Wildman–Crippen LogP) is 2.71. The summed E-state index contributed by atoms with van der Waals surface area (Å²) in [5, 5.41) is 0. The Hall–Kier alpha value is -1.15. The van der Waals surface area contributed by atoms with Gasteiger partial charge in [-0.2, -0.15) is 0 Å². The maximum absolute atomic E-state index is 11.7. The molecular weight excluding hydrogens is 200 g/mol. The van der Waals surface area contributed by atoms with Gasteiger partial charge in [-0.15, -0.1) is 0 Å². The molecule has 2 rings (SSSR count). The molecule has 1 aromatic carbocycles. The highest BCUT2D eigenvalue weighted by atomic mass is 16.5. The van der Waals surface area contributed by atoms with Gasteiger partial charge in [0, 0.05) is 19.4 Å². The zero-order valence-electron chi connectivity index (χ0n) is 9.74. The normalized spacial score (nSPS) is 17.7. The molecule has 0 radical (unpaired) electrons. The Balaban J connectivity index is 1.78. The van der Waals surface area contributed by atoms with Gasteiger partial charge in [0.2, 0.25) is 0 Å². The predicted molar refractivity (Wildman–Crippen MR) is 63.6 cm³/mol. The summed E-state index contributed by atoms with van der Waals surface area (Å²) in [5.74, 6) is 0.790. The van der Waals surface area contributed by atoms with E-state index in [9.17, 15) is 4.79 Å². The van der Waals surface area contributed by atoms with Crippen LogP contribution in [0.2, 0.25) is 0 Å². The lowest BCUT2D eigenvalue weighted by Crippen LogP contribution is -2.20. The van der Waals surface area contributed by atoms with E-state index in [1.807, 2.05) is 6.92 Å². The summed E-state index contributed by atoms with van der Waals surface area (Å²) in [6, 6.07) is 8.40. The molecule has 0 aromatic heterocycles. The van der Waals surface area contributed by atoms with Gasteiger partial charge in [-0.25, -0.2) is 0 Å². The summed E-state index contributed by atoms with van der Waals surface area (Å²) in [6.07, 6.45) is 2.31. The first kappa shape index (κ1) is 11.3. The summed E-state index contributed by atoms with van der Waals surface area (Å²) < 4.78 is 5.19. The van der Waals surface area contributed by atoms with Crippen LogP contribution in [0, 0.1) is 0 Å². The van der Waals surface area contributed by atoms with Crippen molar-refractivity contribution in [2.24, 2.45) is 0 Å². The van der Waals surface area contributed by atoms with Crippen LogP contribution in [0.3, 0.4) is 0 Å². The average molecular weight is 218 g/mol. The van der Waals surface area contributed by atoms with Gasteiger partial charge in [0.1, 0.15) is 5.78 Å². The first-order valence-corrected chi connectivity index (χ1v) is 5.98. The zero-order chi connectivity index (χ0) is 11.4. The lowest BCUT2D eigenvalue weighted by Gasteiger charge is -2.29. The van der Waals surface area contributed by atoms with Crippen molar-refractivity contribution in [1.29, 1.82) is 0 Å². The monoisotopic (exact) mass is 218 g/mol. The van der Waals surface area contributed by atoms with E-state index in [4.69, 9.17) is 4.74 Å². The van der Waals surface area contributed by atoms with Gasteiger partial charge in [0.15, 0.2) is 0 Å². The summed E-state index contributed by atoms with van der Waals surface area (Å²) >= 11 is 0. The third kappa shape index (κ3) is 2.50. The van der Waals surface area contributed by atoms with Crippen LogP contribution in [0.1, 0.15) is 36.8 Å². The fourth-order valence-corrected chi connectivity index (χ4v) is 2.25. The minimum Gasteiger partial charge on any atom is -0.381 e. The Morgan fingerprint density at radius 2 is 2.25 bits per heavy atom. The Morgan fingerprint density at radius 1 is 1.44 bits per heavy atom. The van der Waals surface area contributed by atoms with E-state index >= 15 is 0 Å². The highest BCUT2D eigenvalue weighted by Gasteiger charge is 2.26. The average Bonchev–Trinajstić information content (AvgIpc) is 2.26. The maximum Gasteiger partial charge on any atom is 0.135 e. The van der Waals surface area contributed by atoms with Gasteiger partial charge in [0.05, 0.1) is 6.61 Å². The smallest absolute Gasteiger partial charge is 0.135 e. The van der Waals surface area contributed by atoms with Crippen LogP contribution >= 0.6 is 0 Å². The lowest BCUT2D eigenvalue weighted by molar-refractivity contribution is -0.120. The summed E-state index contributed by atoms with van der Waals surface area (Å²) in [4.78, 5) is 11.7. The number of Topliss-reactive ketones (excluding diaryl/α,β-unsaturated/α-hetero) is 1. The molecule has 1 unspecified atom stereocenters. The number of carbonyl (C=O) groups is 1. The van der Waals surface area contributed by atoms with Crippen molar-refractivity contribution >= 4 is 5.78 Å². The second-order valence-corrected chi connectivity index (χ2v) is 4.29.